The molecule has 7 nitrogen and oxygen atoms in total. The van der Waals surface area contributed by atoms with Crippen LogP contribution in [0.15, 0.2) is 39.9 Å². The molecule has 0 radical (unpaired) electrons. The average molecular weight is 470 g/mol. The first-order valence-electron chi connectivity index (χ1n) is 8.02. The number of benzene rings is 2. The Balaban J connectivity index is 2.11. The number of carbonyl (C=O) groups excluding carboxylic acids is 2. The first-order chi connectivity index (χ1) is 13.3. The van der Waals surface area contributed by atoms with Crippen molar-refractivity contribution in [2.45, 2.75) is 6.92 Å². The molecule has 0 bridgehead atoms. The third-order valence-electron chi connectivity index (χ3n) is 3.66. The second-order valence-electron chi connectivity index (χ2n) is 5.55. The third-order valence-corrected chi connectivity index (χ3v) is 4.75. The molecule has 0 aliphatic heterocycles. The fourth-order valence-corrected chi connectivity index (χ4v) is 2.68. The van der Waals surface area contributed by atoms with Gasteiger partial charge in [-0.3, -0.25) is 4.79 Å². The molecule has 2 aromatic carbocycles. The highest BCUT2D eigenvalue weighted by Gasteiger charge is 2.12. The zero-order valence-corrected chi connectivity index (χ0v) is 17.8. The van der Waals surface area contributed by atoms with Crippen molar-refractivity contribution in [3.8, 4) is 11.5 Å². The summed E-state index contributed by atoms with van der Waals surface area (Å²) in [6.07, 6.45) is 1.45. The molecule has 9 heteroatoms. The van der Waals surface area contributed by atoms with Crippen LogP contribution < -0.4 is 14.9 Å². The number of hydrogen-bond acceptors (Lipinski definition) is 6. The maximum absolute atomic E-state index is 12.2. The van der Waals surface area contributed by atoms with E-state index in [1.165, 1.54) is 20.4 Å². The van der Waals surface area contributed by atoms with Crippen LogP contribution in [0.2, 0.25) is 5.02 Å². The van der Waals surface area contributed by atoms with E-state index in [2.05, 4.69) is 31.2 Å². The molecule has 0 saturated heterocycles. The summed E-state index contributed by atoms with van der Waals surface area (Å²) >= 11 is 9.42. The third kappa shape index (κ3) is 5.71. The molecule has 0 unspecified atom stereocenters. The summed E-state index contributed by atoms with van der Waals surface area (Å²) in [5.74, 6) is -0.151. The van der Waals surface area contributed by atoms with Crippen molar-refractivity contribution in [2.75, 3.05) is 20.8 Å². The maximum atomic E-state index is 12.2. The van der Waals surface area contributed by atoms with E-state index in [1.54, 1.807) is 30.3 Å². The van der Waals surface area contributed by atoms with Crippen molar-refractivity contribution in [3.05, 3.63) is 56.5 Å². The molecule has 0 fully saturated rings. The largest absolute Gasteiger partial charge is 0.493 e. The van der Waals surface area contributed by atoms with Gasteiger partial charge in [0, 0.05) is 20.6 Å². The van der Waals surface area contributed by atoms with Crippen LogP contribution in [-0.4, -0.2) is 38.9 Å². The van der Waals surface area contributed by atoms with Crippen LogP contribution >= 0.6 is 27.5 Å². The van der Waals surface area contributed by atoms with Crippen LogP contribution in [-0.2, 0) is 9.53 Å². The number of esters is 1. The smallest absolute Gasteiger partial charge is 0.343 e. The Morgan fingerprint density at radius 2 is 1.96 bits per heavy atom. The Morgan fingerprint density at radius 1 is 1.21 bits per heavy atom. The van der Waals surface area contributed by atoms with Crippen molar-refractivity contribution in [2.24, 2.45) is 5.10 Å². The van der Waals surface area contributed by atoms with Crippen LogP contribution in [0.3, 0.4) is 0 Å². The Labute approximate surface area is 175 Å². The van der Waals surface area contributed by atoms with Crippen molar-refractivity contribution in [1.29, 1.82) is 0 Å². The first kappa shape index (κ1) is 21.7. The van der Waals surface area contributed by atoms with Crippen LogP contribution in [0.5, 0.6) is 11.5 Å². The fourth-order valence-electron chi connectivity index (χ4n) is 2.08. The zero-order chi connectivity index (χ0) is 20.7. The van der Waals surface area contributed by atoms with E-state index in [9.17, 15) is 9.59 Å². The van der Waals surface area contributed by atoms with Crippen LogP contribution in [0.1, 0.15) is 21.5 Å². The van der Waals surface area contributed by atoms with E-state index >= 15 is 0 Å². The number of hydrazone groups is 1. The molecular weight excluding hydrogens is 452 g/mol. The number of nitrogens with zero attached hydrogens (tertiary/aromatic N) is 1. The molecule has 148 valence electrons. The normalized spacial score (nSPS) is 10.6. The minimum atomic E-state index is -0.511. The van der Waals surface area contributed by atoms with Gasteiger partial charge in [-0.05, 0) is 52.7 Å². The van der Waals surface area contributed by atoms with Gasteiger partial charge >= 0.3 is 5.97 Å². The zero-order valence-electron chi connectivity index (χ0n) is 15.4. The molecule has 0 aliphatic rings. The van der Waals surface area contributed by atoms with Crippen molar-refractivity contribution in [3.63, 3.8) is 0 Å². The number of halogens is 2. The van der Waals surface area contributed by atoms with E-state index in [1.807, 2.05) is 6.92 Å². The highest BCUT2D eigenvalue weighted by molar-refractivity contribution is 9.10. The number of rotatable bonds is 7. The minimum Gasteiger partial charge on any atom is -0.493 e. The lowest BCUT2D eigenvalue weighted by atomic mass is 10.1. The monoisotopic (exact) mass is 468 g/mol. The number of aryl methyl sites for hydroxylation is 1. The molecule has 0 atom stereocenters. The van der Waals surface area contributed by atoms with Gasteiger partial charge in [0.1, 0.15) is 0 Å². The highest BCUT2D eigenvalue weighted by atomic mass is 79.9. The maximum Gasteiger partial charge on any atom is 0.343 e. The molecule has 2 rings (SSSR count). The molecule has 1 N–H and O–H groups in total. The summed E-state index contributed by atoms with van der Waals surface area (Å²) in [5, 5.41) is 4.46. The summed E-state index contributed by atoms with van der Waals surface area (Å²) in [7, 11) is 2.75. The van der Waals surface area contributed by atoms with Crippen LogP contribution in [0.25, 0.3) is 0 Å². The number of nitrogens with one attached hydrogen (secondary N) is 1. The predicted molar refractivity (Wildman–Crippen MR) is 109 cm³/mol. The number of methoxy groups -OCH3 is 2. The van der Waals surface area contributed by atoms with Crippen LogP contribution in [0, 0.1) is 6.92 Å². The predicted octanol–water partition coefficient (Wildman–Crippen LogP) is 3.74. The average Bonchev–Trinajstić information content (AvgIpc) is 2.69. The summed E-state index contributed by atoms with van der Waals surface area (Å²) in [5.41, 5.74) is 4.35. The highest BCUT2D eigenvalue weighted by Crippen LogP contribution is 2.33. The van der Waals surface area contributed by atoms with E-state index in [0.717, 1.165) is 5.56 Å². The second kappa shape index (κ2) is 10.1. The van der Waals surface area contributed by atoms with Gasteiger partial charge in [0.05, 0.1) is 20.4 Å². The quantitative estimate of drug-likeness (QED) is 0.379. The molecule has 0 spiro atoms. The Morgan fingerprint density at radius 3 is 2.61 bits per heavy atom. The van der Waals surface area contributed by atoms with Crippen LogP contribution in [0.4, 0.5) is 0 Å². The van der Waals surface area contributed by atoms with E-state index < -0.39 is 5.97 Å². The van der Waals surface area contributed by atoms with Crippen molar-refractivity contribution in [1.82, 2.24) is 5.43 Å². The summed E-state index contributed by atoms with van der Waals surface area (Å²) in [6, 6.07) is 8.28. The standard InChI is InChI=1S/C19H18BrClN2O5/c1-11-4-5-12(6-15(11)21)19(25)23-22-9-13-7-16(26-2)17(8-14(13)20)28-10-18(24)27-3/h4-9H,10H2,1-3H3,(H,23,25)/b22-9-. The van der Waals surface area contributed by atoms with Crippen molar-refractivity contribution >= 4 is 45.6 Å². The molecule has 2 aromatic rings. The fraction of sp³-hybridized carbons (Fsp3) is 0.211. The lowest BCUT2D eigenvalue weighted by molar-refractivity contribution is -0.142. The van der Waals surface area contributed by atoms with Gasteiger partial charge in [-0.1, -0.05) is 17.7 Å². The van der Waals surface area contributed by atoms with Gasteiger partial charge in [-0.15, -0.1) is 0 Å². The molecule has 28 heavy (non-hydrogen) atoms. The Hall–Kier alpha value is -2.58. The molecular formula is C19H18BrClN2O5. The molecule has 0 saturated carbocycles. The second-order valence-corrected chi connectivity index (χ2v) is 6.81. The van der Waals surface area contributed by atoms with Gasteiger partial charge < -0.3 is 14.2 Å². The molecule has 0 aromatic heterocycles. The van der Waals surface area contributed by atoms with Gasteiger partial charge in [-0.2, -0.15) is 5.10 Å². The van der Waals surface area contributed by atoms with E-state index in [4.69, 9.17) is 21.1 Å². The molecule has 1 amide bonds. The summed E-state index contributed by atoms with van der Waals surface area (Å²) < 4.78 is 15.8. The topological polar surface area (TPSA) is 86.2 Å². The molecule has 0 aliphatic carbocycles. The van der Waals surface area contributed by atoms with Gasteiger partial charge in [0.25, 0.3) is 5.91 Å². The van der Waals surface area contributed by atoms with Gasteiger partial charge in [0.15, 0.2) is 18.1 Å². The first-order valence-corrected chi connectivity index (χ1v) is 9.19. The lowest BCUT2D eigenvalue weighted by Gasteiger charge is -2.11. The van der Waals surface area contributed by atoms with Crippen molar-refractivity contribution < 1.29 is 23.8 Å². The van der Waals surface area contributed by atoms with E-state index in [0.29, 0.717) is 32.1 Å². The lowest BCUT2D eigenvalue weighted by Crippen LogP contribution is -2.17. The minimum absolute atomic E-state index is 0.248. The Kier molecular flexibility index (Phi) is 7.83. The summed E-state index contributed by atoms with van der Waals surface area (Å²) in [4.78, 5) is 23.4. The van der Waals surface area contributed by atoms with Gasteiger partial charge in [0.2, 0.25) is 0 Å². The number of hydrogen-bond donors (Lipinski definition) is 1. The van der Waals surface area contributed by atoms with Gasteiger partial charge in [-0.25, -0.2) is 10.2 Å². The van der Waals surface area contributed by atoms with E-state index in [-0.39, 0.29) is 12.5 Å². The number of amides is 1. The number of ether oxygens (including phenoxy) is 3. The molecule has 0 heterocycles. The Bertz CT molecular complexity index is 917. The number of carbonyl (C=O) groups is 2. The SMILES string of the molecule is COC(=O)COc1cc(Br)c(/C=N\NC(=O)c2ccc(C)c(Cl)c2)cc1OC. The summed E-state index contributed by atoms with van der Waals surface area (Å²) in [6.45, 7) is 1.60.